The van der Waals surface area contributed by atoms with Crippen LogP contribution in [-0.4, -0.2) is 34.7 Å². The van der Waals surface area contributed by atoms with E-state index in [-0.39, 0.29) is 6.09 Å². The summed E-state index contributed by atoms with van der Waals surface area (Å²) in [6.45, 7) is 8.56. The molecule has 1 fully saturated rings. The summed E-state index contributed by atoms with van der Waals surface area (Å²) in [7, 11) is 0. The topological polar surface area (TPSA) is 55.6 Å². The van der Waals surface area contributed by atoms with Crippen molar-refractivity contribution < 1.29 is 13.9 Å². The third-order valence-electron chi connectivity index (χ3n) is 2.43. The van der Waals surface area contributed by atoms with Crippen LogP contribution in [0.2, 0.25) is 0 Å². The van der Waals surface area contributed by atoms with Crippen molar-refractivity contribution >= 4 is 12.2 Å². The molecule has 0 atom stereocenters. The molecule has 5 nitrogen and oxygen atoms in total. The van der Waals surface area contributed by atoms with E-state index in [2.05, 4.69) is 4.98 Å². The molecule has 1 aromatic rings. The normalized spacial score (nSPS) is 15.3. The molecule has 0 radical (unpaired) electrons. The van der Waals surface area contributed by atoms with E-state index in [1.165, 1.54) is 0 Å². The summed E-state index contributed by atoms with van der Waals surface area (Å²) in [5, 5.41) is 0. The summed E-state index contributed by atoms with van der Waals surface area (Å²) in [6.07, 6.45) is 3.33. The van der Waals surface area contributed by atoms with Gasteiger partial charge >= 0.3 is 6.09 Å². The molecular weight excluding hydrogens is 232 g/mol. The van der Waals surface area contributed by atoms with Crippen molar-refractivity contribution in [3.05, 3.63) is 23.4 Å². The number of nitrogens with zero attached hydrogens (tertiary/aromatic N) is 2. The zero-order chi connectivity index (χ0) is 13.3. The standard InChI is InChI=1S/C13H18N2O3/c1-9-14-6-11(17-9)5-10-7-15(8-10)12(16)18-13(2,3)4/h5-6H,7-8H2,1-4H3. The molecule has 0 aromatic carbocycles. The molecular formula is C13H18N2O3. The Balaban J connectivity index is 1.87. The third-order valence-corrected chi connectivity index (χ3v) is 2.43. The number of ether oxygens (including phenoxy) is 1. The first-order valence-corrected chi connectivity index (χ1v) is 5.93. The van der Waals surface area contributed by atoms with Gasteiger partial charge in [-0.3, -0.25) is 0 Å². The average Bonchev–Trinajstić information content (AvgIpc) is 2.53. The molecule has 0 bridgehead atoms. The Morgan fingerprint density at radius 1 is 1.50 bits per heavy atom. The number of carbonyl (C=O) groups excluding carboxylic acids is 1. The maximum Gasteiger partial charge on any atom is 0.410 e. The second-order valence-corrected chi connectivity index (χ2v) is 5.42. The smallest absolute Gasteiger partial charge is 0.410 e. The number of oxazole rings is 1. The van der Waals surface area contributed by atoms with Crippen LogP contribution >= 0.6 is 0 Å². The lowest BCUT2D eigenvalue weighted by atomic mass is 10.1. The highest BCUT2D eigenvalue weighted by molar-refractivity contribution is 5.72. The van der Waals surface area contributed by atoms with Crippen LogP contribution in [0.3, 0.4) is 0 Å². The van der Waals surface area contributed by atoms with Crippen molar-refractivity contribution in [2.75, 3.05) is 13.1 Å². The molecule has 2 rings (SSSR count). The van der Waals surface area contributed by atoms with E-state index in [1.54, 1.807) is 18.0 Å². The van der Waals surface area contributed by atoms with Crippen LogP contribution in [-0.2, 0) is 4.74 Å². The van der Waals surface area contributed by atoms with Gasteiger partial charge in [-0.05, 0) is 32.4 Å². The molecule has 1 aromatic heterocycles. The SMILES string of the molecule is Cc1ncc(C=C2CN(C(=O)OC(C)(C)C)C2)o1. The third kappa shape index (κ3) is 3.12. The minimum atomic E-state index is -0.446. The second kappa shape index (κ2) is 4.48. The number of likely N-dealkylation sites (tertiary alicyclic amines) is 1. The molecule has 1 aliphatic rings. The Hall–Kier alpha value is -1.78. The fourth-order valence-corrected chi connectivity index (χ4v) is 1.64. The molecule has 0 spiro atoms. The van der Waals surface area contributed by atoms with Gasteiger partial charge in [0.25, 0.3) is 0 Å². The first-order valence-electron chi connectivity index (χ1n) is 5.93. The molecule has 1 aliphatic heterocycles. The number of amides is 1. The fraction of sp³-hybridized carbons (Fsp3) is 0.538. The lowest BCUT2D eigenvalue weighted by molar-refractivity contribution is 0.0216. The molecule has 2 heterocycles. The fourth-order valence-electron chi connectivity index (χ4n) is 1.64. The van der Waals surface area contributed by atoms with Crippen LogP contribution in [0, 0.1) is 6.92 Å². The molecule has 0 aliphatic carbocycles. The van der Waals surface area contributed by atoms with Crippen LogP contribution in [0.5, 0.6) is 0 Å². The van der Waals surface area contributed by atoms with E-state index in [0.717, 1.165) is 11.3 Å². The summed E-state index contributed by atoms with van der Waals surface area (Å²) < 4.78 is 10.6. The van der Waals surface area contributed by atoms with Crippen LogP contribution in [0.4, 0.5) is 4.79 Å². The largest absolute Gasteiger partial charge is 0.444 e. The summed E-state index contributed by atoms with van der Waals surface area (Å²) in [6, 6.07) is 0. The quantitative estimate of drug-likeness (QED) is 0.768. The monoisotopic (exact) mass is 250 g/mol. The van der Waals surface area contributed by atoms with Crippen molar-refractivity contribution in [1.29, 1.82) is 0 Å². The number of carbonyl (C=O) groups is 1. The summed E-state index contributed by atoms with van der Waals surface area (Å²) >= 11 is 0. The van der Waals surface area contributed by atoms with Gasteiger partial charge in [0.05, 0.1) is 6.20 Å². The molecule has 0 saturated carbocycles. The summed E-state index contributed by atoms with van der Waals surface area (Å²) in [5.74, 6) is 1.37. The first kappa shape index (κ1) is 12.7. The zero-order valence-corrected chi connectivity index (χ0v) is 11.2. The average molecular weight is 250 g/mol. The molecule has 0 N–H and O–H groups in total. The van der Waals surface area contributed by atoms with E-state index in [4.69, 9.17) is 9.15 Å². The van der Waals surface area contributed by atoms with Crippen LogP contribution in [0.25, 0.3) is 6.08 Å². The van der Waals surface area contributed by atoms with Crippen molar-refractivity contribution in [3.63, 3.8) is 0 Å². The number of rotatable bonds is 1. The van der Waals surface area contributed by atoms with Gasteiger partial charge in [0.15, 0.2) is 5.89 Å². The highest BCUT2D eigenvalue weighted by Gasteiger charge is 2.29. The van der Waals surface area contributed by atoms with Crippen molar-refractivity contribution in [2.24, 2.45) is 0 Å². The Morgan fingerprint density at radius 2 is 2.17 bits per heavy atom. The van der Waals surface area contributed by atoms with Gasteiger partial charge in [-0.25, -0.2) is 9.78 Å². The second-order valence-electron chi connectivity index (χ2n) is 5.42. The first-order chi connectivity index (χ1) is 8.33. The molecule has 1 saturated heterocycles. The van der Waals surface area contributed by atoms with Gasteiger partial charge in [-0.15, -0.1) is 0 Å². The molecule has 5 heteroatoms. The number of aryl methyl sites for hydroxylation is 1. The number of aromatic nitrogens is 1. The van der Waals surface area contributed by atoms with E-state index in [1.807, 2.05) is 26.8 Å². The van der Waals surface area contributed by atoms with Crippen molar-refractivity contribution in [2.45, 2.75) is 33.3 Å². The maximum atomic E-state index is 11.7. The maximum absolute atomic E-state index is 11.7. The van der Waals surface area contributed by atoms with Crippen LogP contribution < -0.4 is 0 Å². The van der Waals surface area contributed by atoms with Crippen molar-refractivity contribution in [1.82, 2.24) is 9.88 Å². The van der Waals surface area contributed by atoms with E-state index < -0.39 is 5.60 Å². The van der Waals surface area contributed by atoms with Gasteiger partial charge in [0, 0.05) is 20.0 Å². The van der Waals surface area contributed by atoms with Crippen LogP contribution in [0.1, 0.15) is 32.4 Å². The molecule has 0 unspecified atom stereocenters. The Bertz CT molecular complexity index is 475. The predicted molar refractivity (Wildman–Crippen MR) is 67.0 cm³/mol. The summed E-state index contributed by atoms with van der Waals surface area (Å²) in [5.41, 5.74) is 0.690. The Kier molecular flexibility index (Phi) is 3.15. The van der Waals surface area contributed by atoms with Crippen molar-refractivity contribution in [3.8, 4) is 0 Å². The molecule has 1 amide bonds. The van der Waals surface area contributed by atoms with Gasteiger partial charge in [-0.2, -0.15) is 0 Å². The van der Waals surface area contributed by atoms with E-state index >= 15 is 0 Å². The molecule has 98 valence electrons. The lowest BCUT2D eigenvalue weighted by Gasteiger charge is -2.35. The minimum Gasteiger partial charge on any atom is -0.444 e. The molecule has 18 heavy (non-hydrogen) atoms. The van der Waals surface area contributed by atoms with Gasteiger partial charge in [0.1, 0.15) is 11.4 Å². The zero-order valence-electron chi connectivity index (χ0n) is 11.2. The minimum absolute atomic E-state index is 0.270. The lowest BCUT2D eigenvalue weighted by Crippen LogP contribution is -2.46. The number of hydrogen-bond donors (Lipinski definition) is 0. The van der Waals surface area contributed by atoms with E-state index in [9.17, 15) is 4.79 Å². The predicted octanol–water partition coefficient (Wildman–Crippen LogP) is 2.62. The Labute approximate surface area is 106 Å². The van der Waals surface area contributed by atoms with Gasteiger partial charge < -0.3 is 14.1 Å². The number of hydrogen-bond acceptors (Lipinski definition) is 4. The van der Waals surface area contributed by atoms with E-state index in [0.29, 0.717) is 19.0 Å². The highest BCUT2D eigenvalue weighted by Crippen LogP contribution is 2.21. The van der Waals surface area contributed by atoms with Gasteiger partial charge in [-0.1, -0.05) is 0 Å². The summed E-state index contributed by atoms with van der Waals surface area (Å²) in [4.78, 5) is 17.4. The Morgan fingerprint density at radius 3 is 2.67 bits per heavy atom. The highest BCUT2D eigenvalue weighted by atomic mass is 16.6. The van der Waals surface area contributed by atoms with Crippen LogP contribution in [0.15, 0.2) is 16.2 Å². The van der Waals surface area contributed by atoms with Gasteiger partial charge in [0.2, 0.25) is 0 Å².